The fourth-order valence-electron chi connectivity index (χ4n) is 2.05. The van der Waals surface area contributed by atoms with Crippen LogP contribution in [0.5, 0.6) is 0 Å². The molecule has 2 aromatic carbocycles. The Morgan fingerprint density at radius 1 is 1.00 bits per heavy atom. The van der Waals surface area contributed by atoms with E-state index in [-0.39, 0.29) is 0 Å². The van der Waals surface area contributed by atoms with Gasteiger partial charge in [-0.05, 0) is 28.7 Å². The molecule has 0 aliphatic rings. The monoisotopic (exact) mass is 241 g/mol. The van der Waals surface area contributed by atoms with Gasteiger partial charge in [0.2, 0.25) is 0 Å². The van der Waals surface area contributed by atoms with Gasteiger partial charge in [0, 0.05) is 13.7 Å². The average molecular weight is 241 g/mol. The van der Waals surface area contributed by atoms with Gasteiger partial charge >= 0.3 is 0 Å². The molecule has 0 aliphatic heterocycles. The lowest BCUT2D eigenvalue weighted by Crippen LogP contribution is -1.99. The van der Waals surface area contributed by atoms with Crippen LogP contribution < -0.4 is 5.73 Å². The summed E-state index contributed by atoms with van der Waals surface area (Å²) in [6.07, 6.45) is 0.954. The molecule has 0 radical (unpaired) electrons. The van der Waals surface area contributed by atoms with Crippen molar-refractivity contribution in [1.82, 2.24) is 0 Å². The molecule has 0 saturated heterocycles. The van der Waals surface area contributed by atoms with Crippen molar-refractivity contribution in [1.29, 1.82) is 0 Å². The molecule has 0 spiro atoms. The number of methoxy groups -OCH3 is 1. The van der Waals surface area contributed by atoms with Crippen LogP contribution in [0.3, 0.4) is 0 Å². The van der Waals surface area contributed by atoms with E-state index in [0.717, 1.165) is 13.0 Å². The molecule has 0 unspecified atom stereocenters. The van der Waals surface area contributed by atoms with Crippen molar-refractivity contribution in [2.24, 2.45) is 5.73 Å². The zero-order chi connectivity index (χ0) is 12.8. The number of hydrogen-bond acceptors (Lipinski definition) is 2. The van der Waals surface area contributed by atoms with Crippen molar-refractivity contribution in [3.05, 3.63) is 59.7 Å². The lowest BCUT2D eigenvalue weighted by molar-refractivity contribution is 0.202. The van der Waals surface area contributed by atoms with Crippen molar-refractivity contribution < 1.29 is 4.74 Å². The predicted octanol–water partition coefficient (Wildman–Crippen LogP) is 3.00. The van der Waals surface area contributed by atoms with E-state index in [1.54, 1.807) is 7.11 Å². The van der Waals surface area contributed by atoms with Crippen molar-refractivity contribution in [2.75, 3.05) is 13.7 Å². The van der Waals surface area contributed by atoms with Gasteiger partial charge in [-0.25, -0.2) is 0 Å². The van der Waals surface area contributed by atoms with Gasteiger partial charge in [-0.2, -0.15) is 0 Å². The number of ether oxygens (including phenoxy) is 1. The summed E-state index contributed by atoms with van der Waals surface area (Å²) in [6.45, 7) is 1.33. The number of rotatable bonds is 5. The first-order valence-corrected chi connectivity index (χ1v) is 6.21. The Balaban J connectivity index is 2.23. The molecule has 0 fully saturated rings. The molecule has 2 rings (SSSR count). The van der Waals surface area contributed by atoms with E-state index in [4.69, 9.17) is 10.5 Å². The van der Waals surface area contributed by atoms with Crippen LogP contribution in [0, 0.1) is 0 Å². The van der Waals surface area contributed by atoms with Crippen LogP contribution in [0.15, 0.2) is 48.5 Å². The zero-order valence-electron chi connectivity index (χ0n) is 10.7. The number of nitrogens with two attached hydrogens (primary N) is 1. The van der Waals surface area contributed by atoms with Crippen LogP contribution in [0.4, 0.5) is 0 Å². The molecular formula is C16H19NO. The number of hydrogen-bond donors (Lipinski definition) is 1. The smallest absolute Gasteiger partial charge is 0.0502 e. The van der Waals surface area contributed by atoms with E-state index in [2.05, 4.69) is 36.4 Å². The largest absolute Gasteiger partial charge is 0.384 e. The lowest BCUT2D eigenvalue weighted by atomic mass is 9.98. The van der Waals surface area contributed by atoms with Crippen LogP contribution in [-0.4, -0.2) is 13.7 Å². The highest BCUT2D eigenvalue weighted by Gasteiger charge is 2.02. The Bertz CT molecular complexity index is 491. The fourth-order valence-corrected chi connectivity index (χ4v) is 2.05. The minimum Gasteiger partial charge on any atom is -0.384 e. The second kappa shape index (κ2) is 6.34. The Morgan fingerprint density at radius 2 is 1.72 bits per heavy atom. The maximum absolute atomic E-state index is 5.77. The highest BCUT2D eigenvalue weighted by Crippen LogP contribution is 2.23. The Morgan fingerprint density at radius 3 is 2.39 bits per heavy atom. The maximum Gasteiger partial charge on any atom is 0.0502 e. The third-order valence-electron chi connectivity index (χ3n) is 3.10. The van der Waals surface area contributed by atoms with E-state index in [1.807, 2.05) is 12.1 Å². The third kappa shape index (κ3) is 2.97. The minimum atomic E-state index is 0.571. The molecule has 0 amide bonds. The van der Waals surface area contributed by atoms with Crippen LogP contribution in [0.25, 0.3) is 11.1 Å². The van der Waals surface area contributed by atoms with Crippen LogP contribution >= 0.6 is 0 Å². The van der Waals surface area contributed by atoms with Crippen LogP contribution in [0.2, 0.25) is 0 Å². The first-order valence-electron chi connectivity index (χ1n) is 6.21. The summed E-state index contributed by atoms with van der Waals surface area (Å²) >= 11 is 0. The summed E-state index contributed by atoms with van der Waals surface area (Å²) in [5.74, 6) is 0. The van der Waals surface area contributed by atoms with Gasteiger partial charge in [0.15, 0.2) is 0 Å². The zero-order valence-corrected chi connectivity index (χ0v) is 10.7. The third-order valence-corrected chi connectivity index (χ3v) is 3.10. The second-order valence-corrected chi connectivity index (χ2v) is 4.30. The summed E-state index contributed by atoms with van der Waals surface area (Å²) in [4.78, 5) is 0. The van der Waals surface area contributed by atoms with Crippen molar-refractivity contribution >= 4 is 0 Å². The van der Waals surface area contributed by atoms with Gasteiger partial charge in [0.25, 0.3) is 0 Å². The molecule has 2 nitrogen and oxygen atoms in total. The molecule has 18 heavy (non-hydrogen) atoms. The lowest BCUT2D eigenvalue weighted by Gasteiger charge is -2.08. The molecule has 0 saturated carbocycles. The second-order valence-electron chi connectivity index (χ2n) is 4.30. The van der Waals surface area contributed by atoms with Crippen molar-refractivity contribution in [3.63, 3.8) is 0 Å². The van der Waals surface area contributed by atoms with E-state index in [1.165, 1.54) is 22.3 Å². The summed E-state index contributed by atoms with van der Waals surface area (Å²) in [7, 11) is 1.73. The molecule has 0 aromatic heterocycles. The topological polar surface area (TPSA) is 35.2 Å². The van der Waals surface area contributed by atoms with E-state index in [0.29, 0.717) is 6.54 Å². The molecule has 0 bridgehead atoms. The van der Waals surface area contributed by atoms with Gasteiger partial charge in [-0.15, -0.1) is 0 Å². The van der Waals surface area contributed by atoms with Gasteiger partial charge in [-0.3, -0.25) is 0 Å². The van der Waals surface area contributed by atoms with Gasteiger partial charge in [-0.1, -0.05) is 48.5 Å². The van der Waals surface area contributed by atoms with Gasteiger partial charge < -0.3 is 10.5 Å². The summed E-state index contributed by atoms with van der Waals surface area (Å²) < 4.78 is 5.08. The first-order chi connectivity index (χ1) is 8.85. The quantitative estimate of drug-likeness (QED) is 0.873. The Kier molecular flexibility index (Phi) is 4.51. The van der Waals surface area contributed by atoms with E-state index >= 15 is 0 Å². The Labute approximate surface area is 108 Å². The molecule has 0 heterocycles. The SMILES string of the molecule is COCCc1ccc(-c2ccccc2CN)cc1. The standard InChI is InChI=1S/C16H19NO/c1-18-11-10-13-6-8-14(9-7-13)16-5-3-2-4-15(16)12-17/h2-9H,10-12,17H2,1H3. The summed E-state index contributed by atoms with van der Waals surface area (Å²) in [5, 5.41) is 0. The molecule has 94 valence electrons. The normalized spacial score (nSPS) is 10.6. The van der Waals surface area contributed by atoms with E-state index in [9.17, 15) is 0 Å². The molecule has 2 aromatic rings. The molecule has 0 aliphatic carbocycles. The molecular weight excluding hydrogens is 222 g/mol. The van der Waals surface area contributed by atoms with Crippen LogP contribution in [0.1, 0.15) is 11.1 Å². The first kappa shape index (κ1) is 12.8. The predicted molar refractivity (Wildman–Crippen MR) is 75.3 cm³/mol. The van der Waals surface area contributed by atoms with Gasteiger partial charge in [0.05, 0.1) is 6.61 Å². The average Bonchev–Trinajstić information content (AvgIpc) is 2.45. The molecule has 0 atom stereocenters. The highest BCUT2D eigenvalue weighted by molar-refractivity contribution is 5.67. The molecule has 2 heteroatoms. The van der Waals surface area contributed by atoms with Gasteiger partial charge in [0.1, 0.15) is 0 Å². The molecule has 2 N–H and O–H groups in total. The summed E-state index contributed by atoms with van der Waals surface area (Å²) in [5.41, 5.74) is 10.7. The van der Waals surface area contributed by atoms with E-state index < -0.39 is 0 Å². The van der Waals surface area contributed by atoms with Crippen molar-refractivity contribution in [2.45, 2.75) is 13.0 Å². The minimum absolute atomic E-state index is 0.571. The number of benzene rings is 2. The fraction of sp³-hybridized carbons (Fsp3) is 0.250. The van der Waals surface area contributed by atoms with Crippen molar-refractivity contribution in [3.8, 4) is 11.1 Å². The maximum atomic E-state index is 5.77. The van der Waals surface area contributed by atoms with Crippen LogP contribution in [-0.2, 0) is 17.7 Å². The summed E-state index contributed by atoms with van der Waals surface area (Å²) in [6, 6.07) is 16.9. The Hall–Kier alpha value is -1.64. The highest BCUT2D eigenvalue weighted by atomic mass is 16.5.